The number of hydrogen-bond acceptors (Lipinski definition) is 4. The zero-order valence-electron chi connectivity index (χ0n) is 22.3. The molecule has 34 heavy (non-hydrogen) atoms. The fraction of sp³-hybridized carbons (Fsp3) is 0.867. The molecule has 5 aliphatic rings. The lowest BCUT2D eigenvalue weighted by molar-refractivity contribution is -0.203. The summed E-state index contributed by atoms with van der Waals surface area (Å²) in [6, 6.07) is 0. The van der Waals surface area contributed by atoms with E-state index >= 15 is 0 Å². The molecule has 4 nitrogen and oxygen atoms in total. The van der Waals surface area contributed by atoms with E-state index in [1.165, 1.54) is 11.1 Å². The van der Waals surface area contributed by atoms with Gasteiger partial charge < -0.3 is 20.4 Å². The fourth-order valence-electron chi connectivity index (χ4n) is 10.1. The topological polar surface area (TPSA) is 80.9 Å². The quantitative estimate of drug-likeness (QED) is 0.456. The monoisotopic (exact) mass is 472 g/mol. The van der Waals surface area contributed by atoms with Crippen LogP contribution in [-0.4, -0.2) is 45.8 Å². The van der Waals surface area contributed by atoms with E-state index in [0.717, 1.165) is 44.9 Å². The Morgan fingerprint density at radius 1 is 0.853 bits per heavy atom. The first-order valence-electron chi connectivity index (χ1n) is 13.7. The van der Waals surface area contributed by atoms with Crippen LogP contribution in [0.3, 0.4) is 0 Å². The summed E-state index contributed by atoms with van der Waals surface area (Å²) in [6.07, 6.45) is 11.1. The van der Waals surface area contributed by atoms with Crippen molar-refractivity contribution in [3.8, 4) is 0 Å². The van der Waals surface area contributed by atoms with Crippen molar-refractivity contribution in [2.45, 2.75) is 105 Å². The average Bonchev–Trinajstić information content (AvgIpc) is 2.77. The second kappa shape index (κ2) is 7.43. The van der Waals surface area contributed by atoms with Crippen LogP contribution in [0.1, 0.15) is 92.9 Å². The molecule has 0 spiro atoms. The molecular formula is C30H48O4. The molecule has 0 aliphatic heterocycles. The number of fused-ring (bicyclic) bond motifs is 6. The Morgan fingerprint density at radius 3 is 2.21 bits per heavy atom. The minimum atomic E-state index is -0.525. The number of rotatable bonds is 2. The molecule has 0 aromatic heterocycles. The third-order valence-electron chi connectivity index (χ3n) is 12.7. The maximum absolute atomic E-state index is 11.7. The van der Waals surface area contributed by atoms with Crippen LogP contribution in [0.2, 0.25) is 0 Å². The van der Waals surface area contributed by atoms with Crippen molar-refractivity contribution in [2.75, 3.05) is 13.2 Å². The van der Waals surface area contributed by atoms with E-state index in [2.05, 4.69) is 53.7 Å². The van der Waals surface area contributed by atoms with Gasteiger partial charge in [-0.2, -0.15) is 0 Å². The summed E-state index contributed by atoms with van der Waals surface area (Å²) < 4.78 is 0. The maximum atomic E-state index is 11.7. The van der Waals surface area contributed by atoms with Crippen LogP contribution < -0.4 is 0 Å². The van der Waals surface area contributed by atoms with Crippen molar-refractivity contribution in [3.63, 3.8) is 0 Å². The van der Waals surface area contributed by atoms with Crippen LogP contribution in [0.25, 0.3) is 0 Å². The molecule has 0 bridgehead atoms. The van der Waals surface area contributed by atoms with Crippen molar-refractivity contribution in [1.82, 2.24) is 0 Å². The van der Waals surface area contributed by atoms with E-state index < -0.39 is 23.0 Å². The highest BCUT2D eigenvalue weighted by atomic mass is 16.3. The van der Waals surface area contributed by atoms with Gasteiger partial charge >= 0.3 is 0 Å². The van der Waals surface area contributed by atoms with Crippen LogP contribution >= 0.6 is 0 Å². The predicted molar refractivity (Wildman–Crippen MR) is 135 cm³/mol. The molecule has 9 atom stereocenters. The lowest BCUT2D eigenvalue weighted by atomic mass is 9.35. The smallest absolute Gasteiger partial charge is 0.0664 e. The van der Waals surface area contributed by atoms with Gasteiger partial charge in [0.1, 0.15) is 0 Å². The number of aliphatic hydroxyl groups is 4. The minimum Gasteiger partial charge on any atom is -0.396 e. The van der Waals surface area contributed by atoms with Gasteiger partial charge in [-0.05, 0) is 85.0 Å². The molecule has 4 N–H and O–H groups in total. The van der Waals surface area contributed by atoms with Crippen molar-refractivity contribution in [2.24, 2.45) is 44.3 Å². The summed E-state index contributed by atoms with van der Waals surface area (Å²) in [7, 11) is 0. The highest BCUT2D eigenvalue weighted by Gasteiger charge is 2.68. The molecule has 0 heterocycles. The molecule has 5 rings (SSSR count). The van der Waals surface area contributed by atoms with Crippen LogP contribution in [0, 0.1) is 44.3 Å². The largest absolute Gasteiger partial charge is 0.396 e. The van der Waals surface area contributed by atoms with Gasteiger partial charge in [0.2, 0.25) is 0 Å². The molecular weight excluding hydrogens is 424 g/mol. The van der Waals surface area contributed by atoms with Gasteiger partial charge in [0.25, 0.3) is 0 Å². The first-order valence-corrected chi connectivity index (χ1v) is 13.7. The third kappa shape index (κ3) is 2.86. The van der Waals surface area contributed by atoms with E-state index in [9.17, 15) is 20.4 Å². The van der Waals surface area contributed by atoms with E-state index in [1.54, 1.807) is 0 Å². The number of aliphatic hydroxyl groups excluding tert-OH is 4. The van der Waals surface area contributed by atoms with E-state index in [1.807, 2.05) is 0 Å². The molecule has 0 aromatic rings. The summed E-state index contributed by atoms with van der Waals surface area (Å²) in [5, 5.41) is 43.6. The van der Waals surface area contributed by atoms with E-state index in [0.29, 0.717) is 12.3 Å². The van der Waals surface area contributed by atoms with Gasteiger partial charge in [0.05, 0.1) is 25.4 Å². The Hall–Kier alpha value is -0.680. The van der Waals surface area contributed by atoms with Crippen molar-refractivity contribution in [1.29, 1.82) is 0 Å². The summed E-state index contributed by atoms with van der Waals surface area (Å²) >= 11 is 0. The lowest BCUT2D eigenvalue weighted by Crippen LogP contribution is -2.65. The van der Waals surface area contributed by atoms with E-state index in [-0.39, 0.29) is 40.8 Å². The third-order valence-corrected chi connectivity index (χ3v) is 12.7. The Bertz CT molecular complexity index is 921. The summed E-state index contributed by atoms with van der Waals surface area (Å²) in [6.45, 7) is 14.1. The average molecular weight is 473 g/mol. The first-order chi connectivity index (χ1) is 15.7. The molecule has 0 unspecified atom stereocenters. The van der Waals surface area contributed by atoms with Crippen molar-refractivity contribution >= 4 is 0 Å². The lowest BCUT2D eigenvalue weighted by Gasteiger charge is -2.70. The molecule has 3 saturated carbocycles. The Balaban J connectivity index is 1.68. The van der Waals surface area contributed by atoms with Crippen molar-refractivity contribution < 1.29 is 20.4 Å². The normalized spacial score (nSPS) is 54.1. The van der Waals surface area contributed by atoms with Crippen LogP contribution in [-0.2, 0) is 0 Å². The van der Waals surface area contributed by atoms with E-state index in [4.69, 9.17) is 0 Å². The number of hydrogen-bond donors (Lipinski definition) is 4. The molecule has 5 aliphatic carbocycles. The molecule has 0 saturated heterocycles. The van der Waals surface area contributed by atoms with Gasteiger partial charge in [-0.25, -0.2) is 0 Å². The van der Waals surface area contributed by atoms with Gasteiger partial charge in [0.15, 0.2) is 0 Å². The van der Waals surface area contributed by atoms with Crippen molar-refractivity contribution in [3.05, 3.63) is 23.3 Å². The molecule has 4 heteroatoms. The van der Waals surface area contributed by atoms with Gasteiger partial charge in [-0.3, -0.25) is 0 Å². The van der Waals surface area contributed by atoms with Crippen LogP contribution in [0.4, 0.5) is 0 Å². The first kappa shape index (κ1) is 25.0. The van der Waals surface area contributed by atoms with Gasteiger partial charge in [0, 0.05) is 16.2 Å². The SMILES string of the molecule is CC1(C)CC[C@]2(CO)C(=C3C=C[C@@H]4[C@]5(C)CC[C@H](O)[C@](C)(CO)[C@@H]5CC[C@]4(C)[C@]3(C)C[C@@H]2O)C1. The molecule has 0 radical (unpaired) electrons. The summed E-state index contributed by atoms with van der Waals surface area (Å²) in [5.41, 5.74) is 1.75. The van der Waals surface area contributed by atoms with Crippen LogP contribution in [0.5, 0.6) is 0 Å². The Morgan fingerprint density at radius 2 is 1.56 bits per heavy atom. The van der Waals surface area contributed by atoms with Crippen LogP contribution in [0.15, 0.2) is 23.3 Å². The number of allylic oxidation sites excluding steroid dienone is 3. The van der Waals surface area contributed by atoms with Gasteiger partial charge in [-0.15, -0.1) is 0 Å². The summed E-state index contributed by atoms with van der Waals surface area (Å²) in [5.74, 6) is 0.602. The standard InChI is InChI=1S/C30H48O4/c1-25(2)13-14-30(18-32)20(15-25)19-7-8-22-26(3)11-10-23(33)27(4,17-31)21(26)9-12-28(22,5)29(19,6)16-24(30)34/h7-8,21-24,31-34H,9-18H2,1-6H3/t21-,22-,23+,24+,26-,27-,28+,29-,30+/m1/s1. The predicted octanol–water partition coefficient (Wildman–Crippen LogP) is 5.00. The minimum absolute atomic E-state index is 0.00171. The molecule has 0 amide bonds. The highest BCUT2D eigenvalue weighted by Crippen LogP contribution is 2.74. The summed E-state index contributed by atoms with van der Waals surface area (Å²) in [4.78, 5) is 0. The second-order valence-electron chi connectivity index (χ2n) is 14.7. The molecule has 192 valence electrons. The zero-order chi connectivity index (χ0) is 24.9. The molecule has 0 aromatic carbocycles. The maximum Gasteiger partial charge on any atom is 0.0664 e. The fourth-order valence-corrected chi connectivity index (χ4v) is 10.1. The zero-order valence-corrected chi connectivity index (χ0v) is 22.3. The highest BCUT2D eigenvalue weighted by molar-refractivity contribution is 5.47. The second-order valence-corrected chi connectivity index (χ2v) is 14.7. The Kier molecular flexibility index (Phi) is 5.46. The molecule has 3 fully saturated rings. The Labute approximate surface area is 206 Å². The van der Waals surface area contributed by atoms with Gasteiger partial charge in [-0.1, -0.05) is 59.3 Å².